The smallest absolute Gasteiger partial charge is 0.0650 e. The Morgan fingerprint density at radius 2 is 2.00 bits per heavy atom. The molecule has 1 heterocycles. The SMILES string of the molecule is CCCCCCCNc1cccc(-c2ccn[nH]2)c1. The summed E-state index contributed by atoms with van der Waals surface area (Å²) in [7, 11) is 0. The number of nitrogens with one attached hydrogen (secondary N) is 2. The lowest BCUT2D eigenvalue weighted by atomic mass is 10.1. The summed E-state index contributed by atoms with van der Waals surface area (Å²) in [5.74, 6) is 0. The van der Waals surface area contributed by atoms with Gasteiger partial charge in [-0.3, -0.25) is 5.10 Å². The Balaban J connectivity index is 1.79. The van der Waals surface area contributed by atoms with Crippen LogP contribution in [0.25, 0.3) is 11.3 Å². The predicted octanol–water partition coefficient (Wildman–Crippen LogP) is 4.46. The quantitative estimate of drug-likeness (QED) is 0.685. The molecule has 0 amide bonds. The van der Waals surface area contributed by atoms with Gasteiger partial charge < -0.3 is 5.32 Å². The van der Waals surface area contributed by atoms with Crippen molar-refractivity contribution < 1.29 is 0 Å². The van der Waals surface area contributed by atoms with E-state index in [2.05, 4.69) is 46.7 Å². The molecule has 3 nitrogen and oxygen atoms in total. The Morgan fingerprint density at radius 3 is 2.79 bits per heavy atom. The van der Waals surface area contributed by atoms with Gasteiger partial charge in [-0.15, -0.1) is 0 Å². The van der Waals surface area contributed by atoms with Gasteiger partial charge in [0.15, 0.2) is 0 Å². The molecule has 2 N–H and O–H groups in total. The summed E-state index contributed by atoms with van der Waals surface area (Å²) in [5.41, 5.74) is 3.42. The second kappa shape index (κ2) is 7.62. The fourth-order valence-corrected chi connectivity index (χ4v) is 2.17. The van der Waals surface area contributed by atoms with Crippen molar-refractivity contribution in [3.8, 4) is 11.3 Å². The monoisotopic (exact) mass is 257 g/mol. The van der Waals surface area contributed by atoms with Crippen LogP contribution in [0.5, 0.6) is 0 Å². The molecule has 0 atom stereocenters. The number of benzene rings is 1. The van der Waals surface area contributed by atoms with Crippen LogP contribution >= 0.6 is 0 Å². The molecule has 3 heteroatoms. The zero-order valence-electron chi connectivity index (χ0n) is 11.7. The molecule has 2 rings (SSSR count). The molecular formula is C16H23N3. The minimum absolute atomic E-state index is 1.05. The Labute approximate surface area is 115 Å². The molecule has 19 heavy (non-hydrogen) atoms. The lowest BCUT2D eigenvalue weighted by molar-refractivity contribution is 0.645. The second-order valence-electron chi connectivity index (χ2n) is 4.89. The number of hydrogen-bond donors (Lipinski definition) is 2. The summed E-state index contributed by atoms with van der Waals surface area (Å²) in [6, 6.07) is 10.4. The summed E-state index contributed by atoms with van der Waals surface area (Å²) in [6.07, 6.45) is 8.36. The van der Waals surface area contributed by atoms with Crippen LogP contribution in [0.2, 0.25) is 0 Å². The van der Waals surface area contributed by atoms with Crippen LogP contribution in [0, 0.1) is 0 Å². The van der Waals surface area contributed by atoms with Gasteiger partial charge in [-0.2, -0.15) is 5.10 Å². The molecule has 0 aliphatic rings. The fourth-order valence-electron chi connectivity index (χ4n) is 2.17. The maximum atomic E-state index is 3.99. The first-order valence-electron chi connectivity index (χ1n) is 7.24. The molecule has 0 unspecified atom stereocenters. The predicted molar refractivity (Wildman–Crippen MR) is 81.3 cm³/mol. The Bertz CT molecular complexity index is 463. The van der Waals surface area contributed by atoms with Gasteiger partial charge in [0.1, 0.15) is 0 Å². The third-order valence-corrected chi connectivity index (χ3v) is 3.28. The number of nitrogens with zero attached hydrogens (tertiary/aromatic N) is 1. The molecule has 0 aliphatic carbocycles. The molecule has 2 aromatic rings. The van der Waals surface area contributed by atoms with E-state index < -0.39 is 0 Å². The number of unbranched alkanes of at least 4 members (excludes halogenated alkanes) is 4. The average Bonchev–Trinajstić information content (AvgIpc) is 2.97. The largest absolute Gasteiger partial charge is 0.385 e. The van der Waals surface area contributed by atoms with Gasteiger partial charge in [-0.05, 0) is 24.6 Å². The Hall–Kier alpha value is -1.77. The highest BCUT2D eigenvalue weighted by Gasteiger charge is 1.99. The maximum Gasteiger partial charge on any atom is 0.0650 e. The molecule has 0 bridgehead atoms. The van der Waals surface area contributed by atoms with Gasteiger partial charge in [0, 0.05) is 24.0 Å². The van der Waals surface area contributed by atoms with Gasteiger partial charge in [-0.25, -0.2) is 0 Å². The van der Waals surface area contributed by atoms with E-state index in [-0.39, 0.29) is 0 Å². The van der Waals surface area contributed by atoms with Crippen LogP contribution < -0.4 is 5.32 Å². The number of rotatable bonds is 8. The number of aromatic amines is 1. The van der Waals surface area contributed by atoms with Crippen molar-refractivity contribution in [3.63, 3.8) is 0 Å². The van der Waals surface area contributed by atoms with Crippen LogP contribution in [0.3, 0.4) is 0 Å². The van der Waals surface area contributed by atoms with Crippen LogP contribution in [0.1, 0.15) is 39.0 Å². The van der Waals surface area contributed by atoms with Crippen molar-refractivity contribution in [2.45, 2.75) is 39.0 Å². The summed E-state index contributed by atoms with van der Waals surface area (Å²) < 4.78 is 0. The second-order valence-corrected chi connectivity index (χ2v) is 4.89. The van der Waals surface area contributed by atoms with Crippen molar-refractivity contribution in [1.82, 2.24) is 10.2 Å². The van der Waals surface area contributed by atoms with Crippen molar-refractivity contribution in [3.05, 3.63) is 36.5 Å². The first kappa shape index (κ1) is 13.7. The van der Waals surface area contributed by atoms with Crippen molar-refractivity contribution in [2.75, 3.05) is 11.9 Å². The average molecular weight is 257 g/mol. The number of anilines is 1. The molecule has 1 aromatic carbocycles. The summed E-state index contributed by atoms with van der Waals surface area (Å²) in [5, 5.41) is 10.5. The van der Waals surface area contributed by atoms with Gasteiger partial charge in [0.05, 0.1) is 5.69 Å². The van der Waals surface area contributed by atoms with Gasteiger partial charge in [-0.1, -0.05) is 44.7 Å². The number of hydrogen-bond acceptors (Lipinski definition) is 2. The molecule has 0 saturated heterocycles. The molecule has 102 valence electrons. The molecule has 0 radical (unpaired) electrons. The molecule has 0 fully saturated rings. The third kappa shape index (κ3) is 4.43. The maximum absolute atomic E-state index is 3.99. The summed E-state index contributed by atoms with van der Waals surface area (Å²) >= 11 is 0. The molecule has 1 aromatic heterocycles. The van der Waals surface area contributed by atoms with Crippen molar-refractivity contribution >= 4 is 5.69 Å². The fraction of sp³-hybridized carbons (Fsp3) is 0.438. The zero-order chi connectivity index (χ0) is 13.3. The van der Waals surface area contributed by atoms with E-state index in [1.165, 1.54) is 43.4 Å². The van der Waals surface area contributed by atoms with E-state index in [1.54, 1.807) is 6.20 Å². The van der Waals surface area contributed by atoms with Crippen LogP contribution in [-0.2, 0) is 0 Å². The first-order chi connectivity index (χ1) is 9.40. The van der Waals surface area contributed by atoms with Crippen molar-refractivity contribution in [2.24, 2.45) is 0 Å². The minimum Gasteiger partial charge on any atom is -0.385 e. The van der Waals surface area contributed by atoms with Crippen LogP contribution in [0.4, 0.5) is 5.69 Å². The highest BCUT2D eigenvalue weighted by atomic mass is 15.1. The first-order valence-corrected chi connectivity index (χ1v) is 7.24. The van der Waals surface area contributed by atoms with Crippen molar-refractivity contribution in [1.29, 1.82) is 0 Å². The van der Waals surface area contributed by atoms with Crippen LogP contribution in [-0.4, -0.2) is 16.7 Å². The van der Waals surface area contributed by atoms with Gasteiger partial charge >= 0.3 is 0 Å². The van der Waals surface area contributed by atoms with E-state index >= 15 is 0 Å². The molecule has 0 spiro atoms. The molecule has 0 saturated carbocycles. The van der Waals surface area contributed by atoms with E-state index in [4.69, 9.17) is 0 Å². The molecular weight excluding hydrogens is 234 g/mol. The number of aromatic nitrogens is 2. The standard InChI is InChI=1S/C16H23N3/c1-2-3-4-5-6-11-17-15-9-7-8-14(13-15)16-10-12-18-19-16/h7-10,12-13,17H,2-6,11H2,1H3,(H,18,19). The van der Waals surface area contributed by atoms with Gasteiger partial charge in [0.2, 0.25) is 0 Å². The van der Waals surface area contributed by atoms with Gasteiger partial charge in [0.25, 0.3) is 0 Å². The lowest BCUT2D eigenvalue weighted by Crippen LogP contribution is -2.01. The topological polar surface area (TPSA) is 40.7 Å². The third-order valence-electron chi connectivity index (χ3n) is 3.28. The summed E-state index contributed by atoms with van der Waals surface area (Å²) in [4.78, 5) is 0. The normalized spacial score (nSPS) is 10.6. The number of H-pyrrole nitrogens is 1. The lowest BCUT2D eigenvalue weighted by Gasteiger charge is -2.07. The van der Waals surface area contributed by atoms with E-state index in [0.29, 0.717) is 0 Å². The Kier molecular flexibility index (Phi) is 5.48. The Morgan fingerprint density at radius 1 is 1.11 bits per heavy atom. The van der Waals surface area contributed by atoms with E-state index in [9.17, 15) is 0 Å². The zero-order valence-corrected chi connectivity index (χ0v) is 11.7. The van der Waals surface area contributed by atoms with Crippen LogP contribution in [0.15, 0.2) is 36.5 Å². The minimum atomic E-state index is 1.05. The van der Waals surface area contributed by atoms with E-state index in [0.717, 1.165) is 12.2 Å². The van der Waals surface area contributed by atoms with E-state index in [1.807, 2.05) is 6.07 Å². The molecule has 0 aliphatic heterocycles. The summed E-state index contributed by atoms with van der Waals surface area (Å²) in [6.45, 7) is 3.30. The highest BCUT2D eigenvalue weighted by molar-refractivity contribution is 5.64. The highest BCUT2D eigenvalue weighted by Crippen LogP contribution is 2.20.